The van der Waals surface area contributed by atoms with E-state index in [1.807, 2.05) is 24.3 Å². The minimum Gasteiger partial charge on any atom is -0.495 e. The zero-order chi connectivity index (χ0) is 25.6. The van der Waals surface area contributed by atoms with Gasteiger partial charge in [0.1, 0.15) is 16.7 Å². The number of ether oxygens (including phenoxy) is 2. The maximum atomic E-state index is 12.7. The summed E-state index contributed by atoms with van der Waals surface area (Å²) in [4.78, 5) is 28.1. The lowest BCUT2D eigenvalue weighted by Gasteiger charge is -2.15. The highest BCUT2D eigenvalue weighted by atomic mass is 32.2. The number of amides is 1. The van der Waals surface area contributed by atoms with Crippen LogP contribution in [0.4, 0.5) is 0 Å². The number of para-hydroxylation sites is 1. The Kier molecular flexibility index (Phi) is 8.31. The Morgan fingerprint density at radius 2 is 1.86 bits per heavy atom. The fraction of sp³-hybridized carbons (Fsp3) is 0.280. The van der Waals surface area contributed by atoms with E-state index < -0.39 is 27.9 Å². The van der Waals surface area contributed by atoms with Gasteiger partial charge in [-0.15, -0.1) is 0 Å². The van der Waals surface area contributed by atoms with Gasteiger partial charge >= 0.3 is 5.97 Å². The monoisotopic (exact) mass is 499 g/mol. The van der Waals surface area contributed by atoms with Crippen molar-refractivity contribution in [3.63, 3.8) is 0 Å². The van der Waals surface area contributed by atoms with Gasteiger partial charge in [0.15, 0.2) is 0 Å². The van der Waals surface area contributed by atoms with Crippen molar-refractivity contribution < 1.29 is 27.5 Å². The molecular weight excluding hydrogens is 470 g/mol. The normalized spacial score (nSPS) is 12.7. The van der Waals surface area contributed by atoms with E-state index in [9.17, 15) is 18.0 Å². The maximum Gasteiger partial charge on any atom is 0.328 e. The van der Waals surface area contributed by atoms with E-state index in [-0.39, 0.29) is 23.1 Å². The van der Waals surface area contributed by atoms with Crippen molar-refractivity contribution in [2.45, 2.75) is 37.2 Å². The minimum atomic E-state index is -3.82. The SMILES string of the molecule is COC(=O)[C@@H](Cc1c[nH]c2ccccc12)NC(=O)/C=C/c1ccc(OC)c(S(=O)(=O)NC(C)C)c1. The maximum absolute atomic E-state index is 12.7. The van der Waals surface area contributed by atoms with Crippen LogP contribution in [-0.2, 0) is 30.8 Å². The van der Waals surface area contributed by atoms with Crippen molar-refractivity contribution in [1.82, 2.24) is 15.0 Å². The molecule has 1 aromatic heterocycles. The van der Waals surface area contributed by atoms with Crippen molar-refractivity contribution in [3.05, 3.63) is 65.9 Å². The van der Waals surface area contributed by atoms with Gasteiger partial charge in [0.2, 0.25) is 15.9 Å². The fourth-order valence-electron chi connectivity index (χ4n) is 3.63. The highest BCUT2D eigenvalue weighted by molar-refractivity contribution is 7.89. The van der Waals surface area contributed by atoms with Crippen LogP contribution >= 0.6 is 0 Å². The molecule has 9 nitrogen and oxygen atoms in total. The number of rotatable bonds is 10. The summed E-state index contributed by atoms with van der Waals surface area (Å²) < 4.78 is 37.9. The predicted molar refractivity (Wildman–Crippen MR) is 133 cm³/mol. The molecule has 1 atom stereocenters. The molecule has 0 saturated heterocycles. The van der Waals surface area contributed by atoms with Gasteiger partial charge in [0.05, 0.1) is 14.2 Å². The summed E-state index contributed by atoms with van der Waals surface area (Å²) in [6, 6.07) is 11.0. The molecule has 0 saturated carbocycles. The van der Waals surface area contributed by atoms with E-state index in [0.717, 1.165) is 16.5 Å². The number of sulfonamides is 1. The molecule has 3 N–H and O–H groups in total. The molecule has 0 unspecified atom stereocenters. The minimum absolute atomic E-state index is 0.0389. The van der Waals surface area contributed by atoms with Gasteiger partial charge in [-0.05, 0) is 49.2 Å². The first-order valence-electron chi connectivity index (χ1n) is 11.0. The molecule has 0 aliphatic rings. The van der Waals surface area contributed by atoms with Gasteiger partial charge in [-0.25, -0.2) is 17.9 Å². The fourth-order valence-corrected chi connectivity index (χ4v) is 5.08. The smallest absolute Gasteiger partial charge is 0.328 e. The summed E-state index contributed by atoms with van der Waals surface area (Å²) in [6.45, 7) is 3.43. The molecule has 3 aromatic rings. The number of nitrogens with one attached hydrogen (secondary N) is 3. The summed E-state index contributed by atoms with van der Waals surface area (Å²) >= 11 is 0. The Morgan fingerprint density at radius 3 is 2.54 bits per heavy atom. The number of hydrogen-bond acceptors (Lipinski definition) is 6. The van der Waals surface area contributed by atoms with Gasteiger partial charge in [0.25, 0.3) is 0 Å². The van der Waals surface area contributed by atoms with Crippen LogP contribution in [0, 0.1) is 0 Å². The molecular formula is C25H29N3O6S. The van der Waals surface area contributed by atoms with E-state index in [0.29, 0.717) is 5.56 Å². The van der Waals surface area contributed by atoms with E-state index in [2.05, 4.69) is 15.0 Å². The van der Waals surface area contributed by atoms with Crippen LogP contribution in [0.5, 0.6) is 5.75 Å². The van der Waals surface area contributed by atoms with E-state index in [1.165, 1.54) is 38.5 Å². The third-order valence-electron chi connectivity index (χ3n) is 5.20. The van der Waals surface area contributed by atoms with Crippen molar-refractivity contribution in [3.8, 4) is 5.75 Å². The van der Waals surface area contributed by atoms with E-state index >= 15 is 0 Å². The topological polar surface area (TPSA) is 127 Å². The van der Waals surface area contributed by atoms with E-state index in [1.54, 1.807) is 26.1 Å². The third kappa shape index (κ3) is 6.49. The summed E-state index contributed by atoms with van der Waals surface area (Å²) in [5, 5.41) is 3.62. The second-order valence-corrected chi connectivity index (χ2v) is 9.85. The Hall–Kier alpha value is -3.63. The number of esters is 1. The number of fused-ring (bicyclic) bond motifs is 1. The van der Waals surface area contributed by atoms with Gasteiger partial charge in [0, 0.05) is 35.6 Å². The molecule has 0 spiro atoms. The quantitative estimate of drug-likeness (QED) is 0.291. The van der Waals surface area contributed by atoms with Crippen LogP contribution in [0.15, 0.2) is 59.6 Å². The van der Waals surface area contributed by atoms with Crippen LogP contribution in [-0.4, -0.2) is 51.6 Å². The number of H-pyrrole nitrogens is 1. The lowest BCUT2D eigenvalue weighted by atomic mass is 10.0. The lowest BCUT2D eigenvalue weighted by Crippen LogP contribution is -2.42. The Bertz CT molecular complexity index is 1340. The lowest BCUT2D eigenvalue weighted by molar-refractivity contribution is -0.144. The first-order valence-corrected chi connectivity index (χ1v) is 12.4. The van der Waals surface area contributed by atoms with Crippen molar-refractivity contribution in [1.29, 1.82) is 0 Å². The Labute approximate surface area is 204 Å². The molecule has 1 heterocycles. The average Bonchev–Trinajstić information content (AvgIpc) is 3.23. The summed E-state index contributed by atoms with van der Waals surface area (Å²) in [5.41, 5.74) is 2.26. The first kappa shape index (κ1) is 26.0. The molecule has 0 aliphatic heterocycles. The second-order valence-electron chi connectivity index (χ2n) is 8.17. The third-order valence-corrected chi connectivity index (χ3v) is 6.88. The van der Waals surface area contributed by atoms with Crippen molar-refractivity contribution in [2.24, 2.45) is 0 Å². The second kappa shape index (κ2) is 11.2. The summed E-state index contributed by atoms with van der Waals surface area (Å²) in [7, 11) is -1.17. The average molecular weight is 500 g/mol. The number of methoxy groups -OCH3 is 2. The van der Waals surface area contributed by atoms with E-state index in [4.69, 9.17) is 9.47 Å². The highest BCUT2D eigenvalue weighted by Gasteiger charge is 2.23. The van der Waals surface area contributed by atoms with Crippen molar-refractivity contribution in [2.75, 3.05) is 14.2 Å². The van der Waals surface area contributed by atoms with Gasteiger partial charge in [-0.3, -0.25) is 4.79 Å². The standard InChI is InChI=1S/C25H29N3O6S/c1-16(2)28-35(31,32)23-13-17(9-11-22(23)33-3)10-12-24(29)27-21(25(30)34-4)14-18-15-26-20-8-6-5-7-19(18)20/h5-13,15-16,21,26,28H,14H2,1-4H3,(H,27,29)/b12-10+/t21-/m1/s1. The van der Waals surface area contributed by atoms with Crippen LogP contribution in [0.2, 0.25) is 0 Å². The summed E-state index contributed by atoms with van der Waals surface area (Å²) in [6.07, 6.45) is 4.73. The zero-order valence-corrected chi connectivity index (χ0v) is 20.8. The molecule has 35 heavy (non-hydrogen) atoms. The molecule has 0 fully saturated rings. The van der Waals surface area contributed by atoms with Gasteiger partial charge in [-0.1, -0.05) is 24.3 Å². The molecule has 3 rings (SSSR count). The van der Waals surface area contributed by atoms with Crippen LogP contribution in [0.25, 0.3) is 17.0 Å². The van der Waals surface area contributed by atoms with Crippen LogP contribution in [0.3, 0.4) is 0 Å². The van der Waals surface area contributed by atoms with Crippen LogP contribution < -0.4 is 14.8 Å². The number of aromatic nitrogens is 1. The molecule has 1 amide bonds. The summed E-state index contributed by atoms with van der Waals surface area (Å²) in [5.74, 6) is -0.917. The molecule has 2 aromatic carbocycles. The number of aromatic amines is 1. The number of hydrogen-bond donors (Lipinski definition) is 3. The molecule has 0 bridgehead atoms. The largest absolute Gasteiger partial charge is 0.495 e. The Balaban J connectivity index is 1.78. The highest BCUT2D eigenvalue weighted by Crippen LogP contribution is 2.25. The predicted octanol–water partition coefficient (Wildman–Crippen LogP) is 2.78. The van der Waals surface area contributed by atoms with Gasteiger partial charge < -0.3 is 19.8 Å². The van der Waals surface area contributed by atoms with Crippen LogP contribution in [0.1, 0.15) is 25.0 Å². The molecule has 0 radical (unpaired) electrons. The molecule has 10 heteroatoms. The molecule has 0 aliphatic carbocycles. The number of carbonyl (C=O) groups excluding carboxylic acids is 2. The number of benzene rings is 2. The zero-order valence-electron chi connectivity index (χ0n) is 20.0. The first-order chi connectivity index (χ1) is 16.6. The number of carbonyl (C=O) groups is 2. The van der Waals surface area contributed by atoms with Crippen molar-refractivity contribution >= 4 is 38.9 Å². The molecule has 186 valence electrons. The Morgan fingerprint density at radius 1 is 1.11 bits per heavy atom. The van der Waals surface area contributed by atoms with Gasteiger partial charge in [-0.2, -0.15) is 0 Å².